The molecule has 21 heavy (non-hydrogen) atoms. The molecule has 0 aliphatic carbocycles. The van der Waals surface area contributed by atoms with E-state index in [1.807, 2.05) is 0 Å². The predicted octanol–water partition coefficient (Wildman–Crippen LogP) is 3.11. The minimum atomic E-state index is -0.430. The van der Waals surface area contributed by atoms with Gasteiger partial charge in [-0.3, -0.25) is 9.69 Å². The van der Waals surface area contributed by atoms with E-state index in [0.29, 0.717) is 0 Å². The van der Waals surface area contributed by atoms with Gasteiger partial charge in [-0.1, -0.05) is 36.4 Å². The van der Waals surface area contributed by atoms with E-state index in [0.717, 1.165) is 25.9 Å². The van der Waals surface area contributed by atoms with Crippen molar-refractivity contribution in [2.45, 2.75) is 12.8 Å². The standard InChI is InChI=1S/C18H18FNO/c19-17-8-4-3-7-16(17)18(21)13-20-11-9-14-5-1-2-6-15(14)10-12-20/h1-8H,9-13H2. The number of halogens is 1. The van der Waals surface area contributed by atoms with Crippen LogP contribution in [0.2, 0.25) is 0 Å². The minimum absolute atomic E-state index is 0.140. The summed E-state index contributed by atoms with van der Waals surface area (Å²) >= 11 is 0. The third kappa shape index (κ3) is 3.19. The zero-order chi connectivity index (χ0) is 14.7. The van der Waals surface area contributed by atoms with Crippen molar-refractivity contribution in [3.63, 3.8) is 0 Å². The smallest absolute Gasteiger partial charge is 0.179 e. The number of hydrogen-bond acceptors (Lipinski definition) is 2. The van der Waals surface area contributed by atoms with Gasteiger partial charge in [0.2, 0.25) is 0 Å². The number of carbonyl (C=O) groups is 1. The number of Topliss-reactive ketones (excluding diaryl/α,β-unsaturated/α-hetero) is 1. The van der Waals surface area contributed by atoms with Crippen molar-refractivity contribution in [2.75, 3.05) is 19.6 Å². The molecule has 1 aliphatic heterocycles. The highest BCUT2D eigenvalue weighted by Crippen LogP contribution is 2.16. The van der Waals surface area contributed by atoms with E-state index in [2.05, 4.69) is 29.2 Å². The Hall–Kier alpha value is -2.00. The first kappa shape index (κ1) is 14.0. The average molecular weight is 283 g/mol. The Bertz CT molecular complexity index is 626. The fourth-order valence-electron chi connectivity index (χ4n) is 2.85. The van der Waals surface area contributed by atoms with Gasteiger partial charge in [0.1, 0.15) is 5.82 Å². The van der Waals surface area contributed by atoms with Gasteiger partial charge >= 0.3 is 0 Å². The molecule has 0 saturated heterocycles. The number of rotatable bonds is 3. The highest BCUT2D eigenvalue weighted by Gasteiger charge is 2.18. The zero-order valence-electron chi connectivity index (χ0n) is 11.9. The first-order valence-corrected chi connectivity index (χ1v) is 7.31. The number of fused-ring (bicyclic) bond motifs is 1. The quantitative estimate of drug-likeness (QED) is 0.807. The maximum Gasteiger partial charge on any atom is 0.179 e. The third-order valence-electron chi connectivity index (χ3n) is 4.05. The fourth-order valence-corrected chi connectivity index (χ4v) is 2.85. The lowest BCUT2D eigenvalue weighted by molar-refractivity contribution is 0.0929. The van der Waals surface area contributed by atoms with Gasteiger partial charge in [-0.2, -0.15) is 0 Å². The van der Waals surface area contributed by atoms with Crippen molar-refractivity contribution < 1.29 is 9.18 Å². The molecule has 0 amide bonds. The summed E-state index contributed by atoms with van der Waals surface area (Å²) < 4.78 is 13.7. The lowest BCUT2D eigenvalue weighted by Crippen LogP contribution is -2.32. The van der Waals surface area contributed by atoms with Crippen molar-refractivity contribution in [3.8, 4) is 0 Å². The number of carbonyl (C=O) groups excluding carboxylic acids is 1. The van der Waals surface area contributed by atoms with Crippen molar-refractivity contribution in [1.82, 2.24) is 4.90 Å². The molecule has 0 radical (unpaired) electrons. The molecular formula is C18H18FNO. The van der Waals surface area contributed by atoms with Crippen LogP contribution in [0, 0.1) is 5.82 Å². The van der Waals surface area contributed by atoms with Gasteiger partial charge in [0.25, 0.3) is 0 Å². The molecule has 1 heterocycles. The van der Waals surface area contributed by atoms with E-state index in [-0.39, 0.29) is 17.9 Å². The van der Waals surface area contributed by atoms with E-state index < -0.39 is 5.82 Å². The second-order valence-electron chi connectivity index (χ2n) is 5.45. The van der Waals surface area contributed by atoms with E-state index in [4.69, 9.17) is 0 Å². The molecule has 108 valence electrons. The number of ketones is 1. The van der Waals surface area contributed by atoms with Crippen LogP contribution in [0.4, 0.5) is 4.39 Å². The van der Waals surface area contributed by atoms with E-state index >= 15 is 0 Å². The summed E-state index contributed by atoms with van der Waals surface area (Å²) in [7, 11) is 0. The molecule has 0 fully saturated rings. The summed E-state index contributed by atoms with van der Waals surface area (Å²) in [6.07, 6.45) is 1.89. The first-order chi connectivity index (χ1) is 10.2. The van der Waals surface area contributed by atoms with Crippen molar-refractivity contribution in [3.05, 3.63) is 71.0 Å². The van der Waals surface area contributed by atoms with E-state index in [9.17, 15) is 9.18 Å². The molecular weight excluding hydrogens is 265 g/mol. The van der Waals surface area contributed by atoms with Crippen LogP contribution >= 0.6 is 0 Å². The average Bonchev–Trinajstić information content (AvgIpc) is 2.70. The highest BCUT2D eigenvalue weighted by atomic mass is 19.1. The van der Waals surface area contributed by atoms with Gasteiger partial charge in [0.15, 0.2) is 5.78 Å². The molecule has 0 bridgehead atoms. The Kier molecular flexibility index (Phi) is 4.11. The molecule has 0 aromatic heterocycles. The van der Waals surface area contributed by atoms with Crippen LogP contribution in [-0.4, -0.2) is 30.3 Å². The van der Waals surface area contributed by atoms with Crippen LogP contribution in [0.3, 0.4) is 0 Å². The molecule has 1 aliphatic rings. The fraction of sp³-hybridized carbons (Fsp3) is 0.278. The van der Waals surface area contributed by atoms with Crippen LogP contribution in [0.25, 0.3) is 0 Å². The minimum Gasteiger partial charge on any atom is -0.295 e. The topological polar surface area (TPSA) is 20.3 Å². The van der Waals surface area contributed by atoms with Gasteiger partial charge in [-0.05, 0) is 36.1 Å². The molecule has 2 aromatic rings. The Morgan fingerprint density at radius 3 is 2.14 bits per heavy atom. The van der Waals surface area contributed by atoms with Gasteiger partial charge < -0.3 is 0 Å². The summed E-state index contributed by atoms with van der Waals surface area (Å²) in [6.45, 7) is 1.98. The highest BCUT2D eigenvalue weighted by molar-refractivity contribution is 5.97. The van der Waals surface area contributed by atoms with Crippen LogP contribution < -0.4 is 0 Å². The molecule has 3 heteroatoms. The summed E-state index contributed by atoms with van der Waals surface area (Å²) in [5.41, 5.74) is 2.91. The molecule has 2 nitrogen and oxygen atoms in total. The SMILES string of the molecule is O=C(CN1CCc2ccccc2CC1)c1ccccc1F. The van der Waals surface area contributed by atoms with Crippen LogP contribution in [0.1, 0.15) is 21.5 Å². The second-order valence-corrected chi connectivity index (χ2v) is 5.45. The predicted molar refractivity (Wildman–Crippen MR) is 81.0 cm³/mol. The zero-order valence-corrected chi connectivity index (χ0v) is 11.9. The van der Waals surface area contributed by atoms with Crippen LogP contribution in [0.15, 0.2) is 48.5 Å². The lowest BCUT2D eigenvalue weighted by atomic mass is 10.0. The van der Waals surface area contributed by atoms with Gasteiger partial charge in [-0.25, -0.2) is 4.39 Å². The second kappa shape index (κ2) is 6.19. The number of hydrogen-bond donors (Lipinski definition) is 0. The maximum absolute atomic E-state index is 13.7. The number of nitrogens with zero attached hydrogens (tertiary/aromatic N) is 1. The van der Waals surface area contributed by atoms with E-state index in [1.165, 1.54) is 17.2 Å². The maximum atomic E-state index is 13.7. The molecule has 0 atom stereocenters. The van der Waals surface area contributed by atoms with Crippen molar-refractivity contribution in [1.29, 1.82) is 0 Å². The Morgan fingerprint density at radius 1 is 0.952 bits per heavy atom. The summed E-state index contributed by atoms with van der Waals surface area (Å²) in [4.78, 5) is 14.4. The molecule has 2 aromatic carbocycles. The summed E-state index contributed by atoms with van der Waals surface area (Å²) in [5, 5.41) is 0. The third-order valence-corrected chi connectivity index (χ3v) is 4.05. The van der Waals surface area contributed by atoms with Gasteiger partial charge in [-0.15, -0.1) is 0 Å². The van der Waals surface area contributed by atoms with Gasteiger partial charge in [0.05, 0.1) is 12.1 Å². The van der Waals surface area contributed by atoms with Crippen LogP contribution in [0.5, 0.6) is 0 Å². The molecule has 0 unspecified atom stereocenters. The first-order valence-electron chi connectivity index (χ1n) is 7.31. The monoisotopic (exact) mass is 283 g/mol. The van der Waals surface area contributed by atoms with Crippen LogP contribution in [-0.2, 0) is 12.8 Å². The number of benzene rings is 2. The Balaban J connectivity index is 1.67. The summed E-state index contributed by atoms with van der Waals surface area (Å²) in [6, 6.07) is 14.6. The molecule has 0 spiro atoms. The Labute approximate surface area is 124 Å². The molecule has 3 rings (SSSR count). The summed E-state index contributed by atoms with van der Waals surface area (Å²) in [5.74, 6) is -0.570. The largest absolute Gasteiger partial charge is 0.295 e. The lowest BCUT2D eigenvalue weighted by Gasteiger charge is -2.18. The van der Waals surface area contributed by atoms with Crippen molar-refractivity contribution in [2.24, 2.45) is 0 Å². The molecule has 0 saturated carbocycles. The van der Waals surface area contributed by atoms with E-state index in [1.54, 1.807) is 18.2 Å². The normalized spacial score (nSPS) is 15.3. The molecule has 0 N–H and O–H groups in total. The van der Waals surface area contributed by atoms with Gasteiger partial charge in [0, 0.05) is 13.1 Å². The van der Waals surface area contributed by atoms with Crippen molar-refractivity contribution >= 4 is 5.78 Å². The Morgan fingerprint density at radius 2 is 1.52 bits per heavy atom.